The average molecular weight is 487 g/mol. The molecule has 1 atom stereocenters. The SMILES string of the molecule is CCNC(=NCc1ccc(O)c(F)c1)NC(C)c1cc(C)ccc1OC.I. The number of ether oxygens (including phenoxy) is 1. The molecule has 2 rings (SSSR count). The second kappa shape index (κ2) is 11.0. The maximum Gasteiger partial charge on any atom is 0.192 e. The van der Waals surface area contributed by atoms with Crippen molar-refractivity contribution in [2.45, 2.75) is 33.4 Å². The van der Waals surface area contributed by atoms with Crippen molar-refractivity contribution < 1.29 is 14.2 Å². The van der Waals surface area contributed by atoms with Gasteiger partial charge in [-0.25, -0.2) is 9.38 Å². The van der Waals surface area contributed by atoms with E-state index in [1.54, 1.807) is 13.2 Å². The lowest BCUT2D eigenvalue weighted by Gasteiger charge is -2.20. The van der Waals surface area contributed by atoms with Gasteiger partial charge in [0.2, 0.25) is 0 Å². The van der Waals surface area contributed by atoms with Gasteiger partial charge in [-0.05, 0) is 44.5 Å². The van der Waals surface area contributed by atoms with Gasteiger partial charge in [0.05, 0.1) is 19.7 Å². The monoisotopic (exact) mass is 487 g/mol. The zero-order valence-electron chi connectivity index (χ0n) is 16.0. The first-order valence-electron chi connectivity index (χ1n) is 8.61. The number of rotatable bonds is 6. The summed E-state index contributed by atoms with van der Waals surface area (Å²) in [5.41, 5.74) is 2.86. The Labute approximate surface area is 177 Å². The van der Waals surface area contributed by atoms with Gasteiger partial charge in [0.25, 0.3) is 0 Å². The quantitative estimate of drug-likeness (QED) is 0.323. The number of phenolic OH excluding ortho intramolecular Hbond substituents is 1. The zero-order valence-corrected chi connectivity index (χ0v) is 18.4. The van der Waals surface area contributed by atoms with Gasteiger partial charge in [-0.1, -0.05) is 23.8 Å². The smallest absolute Gasteiger partial charge is 0.192 e. The van der Waals surface area contributed by atoms with Gasteiger partial charge in [0.1, 0.15) is 5.75 Å². The summed E-state index contributed by atoms with van der Waals surface area (Å²) in [6.07, 6.45) is 0. The molecule has 3 N–H and O–H groups in total. The Hall–Kier alpha value is -2.03. The maximum atomic E-state index is 13.5. The van der Waals surface area contributed by atoms with Crippen molar-refractivity contribution in [2.75, 3.05) is 13.7 Å². The van der Waals surface area contributed by atoms with Crippen LogP contribution in [0, 0.1) is 12.7 Å². The lowest BCUT2D eigenvalue weighted by molar-refractivity contribution is 0.405. The fraction of sp³-hybridized carbons (Fsp3) is 0.350. The van der Waals surface area contributed by atoms with Gasteiger partial charge in [0.15, 0.2) is 17.5 Å². The lowest BCUT2D eigenvalue weighted by atomic mass is 10.0. The standard InChI is InChI=1S/C20H26FN3O2.HI/c1-5-22-20(23-12-15-7-8-18(25)17(21)11-15)24-14(3)16-10-13(2)6-9-19(16)26-4;/h6-11,14,25H,5,12H2,1-4H3,(H2,22,23,24);1H. The van der Waals surface area contributed by atoms with Crippen LogP contribution in [-0.4, -0.2) is 24.7 Å². The van der Waals surface area contributed by atoms with Crippen LogP contribution in [0.25, 0.3) is 0 Å². The second-order valence-electron chi connectivity index (χ2n) is 6.09. The van der Waals surface area contributed by atoms with Gasteiger partial charge < -0.3 is 20.5 Å². The van der Waals surface area contributed by atoms with Crippen LogP contribution in [-0.2, 0) is 6.54 Å². The number of nitrogens with one attached hydrogen (secondary N) is 2. The molecule has 0 amide bonds. The summed E-state index contributed by atoms with van der Waals surface area (Å²) < 4.78 is 18.9. The van der Waals surface area contributed by atoms with Crippen molar-refractivity contribution in [3.63, 3.8) is 0 Å². The number of aryl methyl sites for hydroxylation is 1. The molecule has 0 aliphatic heterocycles. The normalized spacial score (nSPS) is 12.1. The molecule has 27 heavy (non-hydrogen) atoms. The van der Waals surface area contributed by atoms with E-state index in [9.17, 15) is 9.50 Å². The molecule has 2 aromatic carbocycles. The van der Waals surface area contributed by atoms with Crippen LogP contribution in [0.15, 0.2) is 41.4 Å². The lowest BCUT2D eigenvalue weighted by Crippen LogP contribution is -2.38. The number of methoxy groups -OCH3 is 1. The Bertz CT molecular complexity index is 784. The number of phenols is 1. The van der Waals surface area contributed by atoms with E-state index in [1.165, 1.54) is 12.1 Å². The van der Waals surface area contributed by atoms with Gasteiger partial charge in [-0.3, -0.25) is 0 Å². The van der Waals surface area contributed by atoms with E-state index >= 15 is 0 Å². The third kappa shape index (κ3) is 6.57. The van der Waals surface area contributed by atoms with Crippen molar-refractivity contribution in [1.82, 2.24) is 10.6 Å². The number of halogens is 2. The number of hydrogen-bond donors (Lipinski definition) is 3. The van der Waals surface area contributed by atoms with E-state index in [1.807, 2.05) is 32.9 Å². The molecular formula is C20H27FIN3O2. The third-order valence-electron chi connectivity index (χ3n) is 3.98. The molecule has 0 aromatic heterocycles. The zero-order chi connectivity index (χ0) is 19.1. The van der Waals surface area contributed by atoms with Crippen LogP contribution >= 0.6 is 24.0 Å². The van der Waals surface area contributed by atoms with E-state index in [-0.39, 0.29) is 35.8 Å². The van der Waals surface area contributed by atoms with Crippen molar-refractivity contribution in [2.24, 2.45) is 4.99 Å². The van der Waals surface area contributed by atoms with E-state index < -0.39 is 5.82 Å². The van der Waals surface area contributed by atoms with Gasteiger partial charge in [0, 0.05) is 12.1 Å². The Kier molecular flexibility index (Phi) is 9.34. The Morgan fingerprint density at radius 3 is 2.63 bits per heavy atom. The second-order valence-corrected chi connectivity index (χ2v) is 6.09. The van der Waals surface area contributed by atoms with Crippen molar-refractivity contribution in [3.05, 3.63) is 58.9 Å². The maximum absolute atomic E-state index is 13.5. The molecule has 0 fully saturated rings. The largest absolute Gasteiger partial charge is 0.505 e. The minimum Gasteiger partial charge on any atom is -0.505 e. The topological polar surface area (TPSA) is 65.9 Å². The molecule has 2 aromatic rings. The molecule has 0 saturated heterocycles. The van der Waals surface area contributed by atoms with E-state index in [0.717, 1.165) is 16.9 Å². The molecule has 0 spiro atoms. The van der Waals surface area contributed by atoms with Crippen LogP contribution < -0.4 is 15.4 Å². The van der Waals surface area contributed by atoms with Crippen molar-refractivity contribution in [3.8, 4) is 11.5 Å². The number of hydrogen-bond acceptors (Lipinski definition) is 3. The molecule has 0 radical (unpaired) electrons. The number of aromatic hydroxyl groups is 1. The molecule has 0 heterocycles. The van der Waals surface area contributed by atoms with Crippen molar-refractivity contribution in [1.29, 1.82) is 0 Å². The summed E-state index contributed by atoms with van der Waals surface area (Å²) in [6.45, 7) is 7.05. The molecule has 5 nitrogen and oxygen atoms in total. The fourth-order valence-electron chi connectivity index (χ4n) is 2.61. The summed E-state index contributed by atoms with van der Waals surface area (Å²) in [7, 11) is 1.65. The number of guanidine groups is 1. The fourth-order valence-corrected chi connectivity index (χ4v) is 2.61. The first kappa shape index (κ1) is 23.0. The van der Waals surface area contributed by atoms with Crippen molar-refractivity contribution >= 4 is 29.9 Å². The van der Waals surface area contributed by atoms with Gasteiger partial charge >= 0.3 is 0 Å². The molecule has 0 bridgehead atoms. The van der Waals surface area contributed by atoms with Crippen LogP contribution in [0.3, 0.4) is 0 Å². The number of benzene rings is 2. The molecule has 0 aliphatic rings. The van der Waals surface area contributed by atoms with Gasteiger partial charge in [-0.15, -0.1) is 24.0 Å². The van der Waals surface area contributed by atoms with Gasteiger partial charge in [-0.2, -0.15) is 0 Å². The average Bonchev–Trinajstić information content (AvgIpc) is 2.62. The minimum absolute atomic E-state index is 0. The van der Waals surface area contributed by atoms with Crippen LogP contribution in [0.5, 0.6) is 11.5 Å². The van der Waals surface area contributed by atoms with E-state index in [2.05, 4.69) is 21.7 Å². The minimum atomic E-state index is -0.645. The molecule has 148 valence electrons. The van der Waals surface area contributed by atoms with E-state index in [4.69, 9.17) is 4.74 Å². The summed E-state index contributed by atoms with van der Waals surface area (Å²) in [5, 5.41) is 15.8. The van der Waals surface area contributed by atoms with Crippen LogP contribution in [0.4, 0.5) is 4.39 Å². The van der Waals surface area contributed by atoms with E-state index in [0.29, 0.717) is 24.6 Å². The third-order valence-corrected chi connectivity index (χ3v) is 3.98. The Morgan fingerprint density at radius 2 is 2.00 bits per heavy atom. The molecular weight excluding hydrogens is 460 g/mol. The highest BCUT2D eigenvalue weighted by Crippen LogP contribution is 2.26. The summed E-state index contributed by atoms with van der Waals surface area (Å²) in [4.78, 5) is 4.50. The highest BCUT2D eigenvalue weighted by atomic mass is 127. The van der Waals surface area contributed by atoms with Crippen LogP contribution in [0.1, 0.15) is 36.6 Å². The predicted octanol–water partition coefficient (Wildman–Crippen LogP) is 4.28. The highest BCUT2D eigenvalue weighted by Gasteiger charge is 2.13. The Balaban J connectivity index is 0.00000364. The summed E-state index contributed by atoms with van der Waals surface area (Å²) >= 11 is 0. The first-order chi connectivity index (χ1) is 12.4. The molecule has 0 saturated carbocycles. The number of nitrogens with zero attached hydrogens (tertiary/aromatic N) is 1. The molecule has 1 unspecified atom stereocenters. The number of aliphatic imine (C=N–C) groups is 1. The van der Waals surface area contributed by atoms with Crippen LogP contribution in [0.2, 0.25) is 0 Å². The molecule has 0 aliphatic carbocycles. The highest BCUT2D eigenvalue weighted by molar-refractivity contribution is 14.0. The summed E-state index contributed by atoms with van der Waals surface area (Å²) in [6, 6.07) is 10.3. The first-order valence-corrected chi connectivity index (χ1v) is 8.61. The summed E-state index contributed by atoms with van der Waals surface area (Å²) in [5.74, 6) is 0.431. The predicted molar refractivity (Wildman–Crippen MR) is 118 cm³/mol. The Morgan fingerprint density at radius 1 is 1.26 bits per heavy atom. The molecule has 7 heteroatoms.